The van der Waals surface area contributed by atoms with E-state index in [1.165, 1.54) is 23.9 Å². The highest BCUT2D eigenvalue weighted by Gasteiger charge is 2.31. The Morgan fingerprint density at radius 1 is 1.14 bits per heavy atom. The summed E-state index contributed by atoms with van der Waals surface area (Å²) in [5.74, 6) is -0.513. The Hall–Kier alpha value is -3.26. The number of rotatable bonds is 4. The van der Waals surface area contributed by atoms with Crippen LogP contribution in [0.25, 0.3) is 0 Å². The number of carbonyl (C=O) groups excluding carboxylic acids is 1. The number of nitrogens with one attached hydrogen (secondary N) is 2. The first-order valence-electron chi connectivity index (χ1n) is 9.05. The van der Waals surface area contributed by atoms with Gasteiger partial charge in [-0.1, -0.05) is 42.1 Å². The number of phenolic OH excluding ortho intramolecular Hbond substituents is 2. The van der Waals surface area contributed by atoms with Crippen LogP contribution in [0.1, 0.15) is 34.6 Å². The van der Waals surface area contributed by atoms with Gasteiger partial charge in [0.2, 0.25) is 5.91 Å². The molecule has 8 heteroatoms. The molecule has 4 rings (SSSR count). The van der Waals surface area contributed by atoms with Gasteiger partial charge in [-0.3, -0.25) is 9.59 Å². The van der Waals surface area contributed by atoms with Crippen LogP contribution < -0.4 is 10.9 Å². The van der Waals surface area contributed by atoms with Crippen molar-refractivity contribution in [3.63, 3.8) is 0 Å². The second kappa shape index (κ2) is 7.63. The Morgan fingerprint density at radius 2 is 1.93 bits per heavy atom. The summed E-state index contributed by atoms with van der Waals surface area (Å²) >= 11 is 1.39. The minimum atomic E-state index is -0.558. The third-order valence-electron chi connectivity index (χ3n) is 4.96. The number of anilines is 1. The molecule has 29 heavy (non-hydrogen) atoms. The Morgan fingerprint density at radius 3 is 2.69 bits per heavy atom. The molecule has 0 unspecified atom stereocenters. The van der Waals surface area contributed by atoms with Crippen LogP contribution in [0.3, 0.4) is 0 Å². The molecule has 3 aromatic rings. The predicted octanol–water partition coefficient (Wildman–Crippen LogP) is 3.26. The minimum absolute atomic E-state index is 0.0532. The van der Waals surface area contributed by atoms with Crippen LogP contribution in [0.2, 0.25) is 0 Å². The van der Waals surface area contributed by atoms with Crippen LogP contribution >= 0.6 is 11.8 Å². The number of hydrogen-bond acceptors (Lipinski definition) is 6. The lowest BCUT2D eigenvalue weighted by atomic mass is 9.86. The van der Waals surface area contributed by atoms with E-state index in [2.05, 4.69) is 15.3 Å². The Labute approximate surface area is 170 Å². The maximum Gasteiger partial charge on any atom is 0.257 e. The van der Waals surface area contributed by atoms with E-state index in [0.717, 1.165) is 11.1 Å². The first-order valence-corrected chi connectivity index (χ1v) is 10.0. The molecule has 0 fully saturated rings. The number of aromatic hydroxyl groups is 2. The number of aryl methyl sites for hydroxylation is 1. The highest BCUT2D eigenvalue weighted by molar-refractivity contribution is 7.98. The molecule has 0 saturated carbocycles. The number of phenols is 2. The minimum Gasteiger partial charge on any atom is -0.504 e. The topological polar surface area (TPSA) is 115 Å². The van der Waals surface area contributed by atoms with Gasteiger partial charge in [-0.2, -0.15) is 0 Å². The second-order valence-corrected chi connectivity index (χ2v) is 7.87. The average Bonchev–Trinajstić information content (AvgIpc) is 2.68. The van der Waals surface area contributed by atoms with Gasteiger partial charge in [0.05, 0.1) is 5.56 Å². The van der Waals surface area contributed by atoms with Crippen LogP contribution in [0, 0.1) is 6.92 Å². The van der Waals surface area contributed by atoms with Crippen LogP contribution in [-0.2, 0) is 10.5 Å². The van der Waals surface area contributed by atoms with Gasteiger partial charge in [0, 0.05) is 18.1 Å². The van der Waals surface area contributed by atoms with E-state index in [9.17, 15) is 19.8 Å². The molecule has 0 aliphatic carbocycles. The van der Waals surface area contributed by atoms with Crippen LogP contribution in [0.4, 0.5) is 5.82 Å². The molecule has 0 bridgehead atoms. The summed E-state index contributed by atoms with van der Waals surface area (Å²) in [5.41, 5.74) is 2.86. The van der Waals surface area contributed by atoms with Crippen molar-refractivity contribution in [2.24, 2.45) is 0 Å². The first-order chi connectivity index (χ1) is 13.9. The Balaban J connectivity index is 1.67. The summed E-state index contributed by atoms with van der Waals surface area (Å²) < 4.78 is 0. The van der Waals surface area contributed by atoms with Gasteiger partial charge in [0.25, 0.3) is 5.56 Å². The molecule has 0 radical (unpaired) electrons. The summed E-state index contributed by atoms with van der Waals surface area (Å²) in [6, 6.07) is 12.3. The summed E-state index contributed by atoms with van der Waals surface area (Å²) in [5, 5.41) is 22.4. The van der Waals surface area contributed by atoms with Crippen molar-refractivity contribution in [1.29, 1.82) is 0 Å². The van der Waals surface area contributed by atoms with E-state index >= 15 is 0 Å². The SMILES string of the molecule is Cc1ccccc1CSc1nc2c(c(=O)[nH]1)[C@H](c1ccc(O)c(O)c1)CC(=O)N2. The third kappa shape index (κ3) is 3.84. The van der Waals surface area contributed by atoms with E-state index in [0.29, 0.717) is 22.0 Å². The van der Waals surface area contributed by atoms with E-state index in [1.54, 1.807) is 6.07 Å². The van der Waals surface area contributed by atoms with Crippen molar-refractivity contribution < 1.29 is 15.0 Å². The lowest BCUT2D eigenvalue weighted by Crippen LogP contribution is -2.31. The maximum absolute atomic E-state index is 12.8. The fourth-order valence-electron chi connectivity index (χ4n) is 3.38. The molecule has 148 valence electrons. The average molecular weight is 409 g/mol. The van der Waals surface area contributed by atoms with Gasteiger partial charge in [-0.05, 0) is 35.7 Å². The quantitative estimate of drug-likeness (QED) is 0.299. The molecule has 1 aliphatic rings. The van der Waals surface area contributed by atoms with Crippen molar-refractivity contribution >= 4 is 23.5 Å². The van der Waals surface area contributed by atoms with Gasteiger partial charge in [-0.15, -0.1) is 0 Å². The molecule has 0 saturated heterocycles. The second-order valence-electron chi connectivity index (χ2n) is 6.90. The number of carbonyl (C=O) groups is 1. The standard InChI is InChI=1S/C21H19N3O4S/c1-11-4-2-3-5-13(11)10-29-21-23-19-18(20(28)24-21)14(9-17(27)22-19)12-6-7-15(25)16(26)8-12/h2-8,14,25-26H,9-10H2,1H3,(H2,22,23,24,27,28)/t14-/m0/s1. The van der Waals surface area contributed by atoms with Gasteiger partial charge in [-0.25, -0.2) is 4.98 Å². The van der Waals surface area contributed by atoms with Crippen molar-refractivity contribution in [1.82, 2.24) is 9.97 Å². The molecule has 2 aromatic carbocycles. The fourth-order valence-corrected chi connectivity index (χ4v) is 4.32. The summed E-state index contributed by atoms with van der Waals surface area (Å²) in [6.07, 6.45) is 0.0532. The van der Waals surface area contributed by atoms with Crippen molar-refractivity contribution in [3.05, 3.63) is 75.1 Å². The largest absolute Gasteiger partial charge is 0.504 e. The molecule has 7 nitrogen and oxygen atoms in total. The highest BCUT2D eigenvalue weighted by Crippen LogP contribution is 2.37. The Kier molecular flexibility index (Phi) is 5.02. The summed E-state index contributed by atoms with van der Waals surface area (Å²) in [7, 11) is 0. The van der Waals surface area contributed by atoms with E-state index in [1.807, 2.05) is 31.2 Å². The lowest BCUT2D eigenvalue weighted by Gasteiger charge is -2.24. The molecular formula is C21H19N3O4S. The van der Waals surface area contributed by atoms with E-state index in [-0.39, 0.29) is 35.2 Å². The molecule has 1 amide bonds. The predicted molar refractivity (Wildman–Crippen MR) is 110 cm³/mol. The lowest BCUT2D eigenvalue weighted by molar-refractivity contribution is -0.116. The highest BCUT2D eigenvalue weighted by atomic mass is 32.2. The number of amides is 1. The summed E-state index contributed by atoms with van der Waals surface area (Å²) in [4.78, 5) is 32.3. The molecule has 0 spiro atoms. The number of hydrogen-bond donors (Lipinski definition) is 4. The van der Waals surface area contributed by atoms with Crippen molar-refractivity contribution in [2.45, 2.75) is 30.2 Å². The monoisotopic (exact) mass is 409 g/mol. The van der Waals surface area contributed by atoms with Crippen LogP contribution in [0.5, 0.6) is 11.5 Å². The number of nitrogens with zero attached hydrogens (tertiary/aromatic N) is 1. The number of H-pyrrole nitrogens is 1. The molecule has 1 aliphatic heterocycles. The zero-order valence-corrected chi connectivity index (χ0v) is 16.4. The molecular weight excluding hydrogens is 390 g/mol. The molecule has 2 heterocycles. The van der Waals surface area contributed by atoms with Gasteiger partial charge >= 0.3 is 0 Å². The normalized spacial score (nSPS) is 15.6. The van der Waals surface area contributed by atoms with Crippen LogP contribution in [-0.4, -0.2) is 26.1 Å². The fraction of sp³-hybridized carbons (Fsp3) is 0.190. The molecule has 1 aromatic heterocycles. The number of benzene rings is 2. The number of fused-ring (bicyclic) bond motifs is 1. The number of thioether (sulfide) groups is 1. The van der Waals surface area contributed by atoms with Gasteiger partial charge < -0.3 is 20.5 Å². The Bertz CT molecular complexity index is 1160. The van der Waals surface area contributed by atoms with Gasteiger partial charge in [0.15, 0.2) is 16.7 Å². The zero-order chi connectivity index (χ0) is 20.5. The van der Waals surface area contributed by atoms with Crippen molar-refractivity contribution in [3.8, 4) is 11.5 Å². The number of aromatic amines is 1. The summed E-state index contributed by atoms with van der Waals surface area (Å²) in [6.45, 7) is 2.02. The van der Waals surface area contributed by atoms with Crippen LogP contribution in [0.15, 0.2) is 52.4 Å². The van der Waals surface area contributed by atoms with Gasteiger partial charge in [0.1, 0.15) is 5.82 Å². The maximum atomic E-state index is 12.8. The van der Waals surface area contributed by atoms with Crippen molar-refractivity contribution in [2.75, 3.05) is 5.32 Å². The molecule has 1 atom stereocenters. The first kappa shape index (κ1) is 19.1. The number of aromatic nitrogens is 2. The molecule has 4 N–H and O–H groups in total. The van der Waals surface area contributed by atoms with E-state index in [4.69, 9.17) is 0 Å². The third-order valence-corrected chi connectivity index (χ3v) is 5.88. The van der Waals surface area contributed by atoms with E-state index < -0.39 is 5.92 Å². The smallest absolute Gasteiger partial charge is 0.257 e. The zero-order valence-electron chi connectivity index (χ0n) is 15.6.